The van der Waals surface area contributed by atoms with Crippen molar-refractivity contribution >= 4 is 17.3 Å². The Hall–Kier alpha value is -2.69. The highest BCUT2D eigenvalue weighted by atomic mass is 16.5. The molecule has 0 atom stereocenters. The van der Waals surface area contributed by atoms with Crippen molar-refractivity contribution < 1.29 is 14.3 Å². The fourth-order valence-electron chi connectivity index (χ4n) is 1.92. The second-order valence-electron chi connectivity index (χ2n) is 4.58. The molecule has 0 spiro atoms. The van der Waals surface area contributed by atoms with Crippen molar-refractivity contribution in [1.82, 2.24) is 0 Å². The lowest BCUT2D eigenvalue weighted by Gasteiger charge is -2.12. The molecular weight excluding hydrogens is 268 g/mol. The third-order valence-electron chi connectivity index (χ3n) is 3.24. The van der Waals surface area contributed by atoms with Crippen molar-refractivity contribution in [2.45, 2.75) is 6.92 Å². The lowest BCUT2D eigenvalue weighted by atomic mass is 10.1. The van der Waals surface area contributed by atoms with Gasteiger partial charge in [0.25, 0.3) is 5.91 Å². The standard InChI is InChI=1S/C16H18N2O3/c1-10-14(17)5-4-6-15(10)18-16(19)11-7-12(20-2)9-13(8-11)21-3/h4-9H,17H2,1-3H3,(H,18,19). The van der Waals surface area contributed by atoms with Crippen LogP contribution in [0, 0.1) is 6.92 Å². The first kappa shape index (κ1) is 14.7. The Kier molecular flexibility index (Phi) is 4.33. The number of carbonyl (C=O) groups excluding carboxylic acids is 1. The van der Waals surface area contributed by atoms with Gasteiger partial charge in [0.2, 0.25) is 0 Å². The van der Waals surface area contributed by atoms with E-state index in [-0.39, 0.29) is 5.91 Å². The van der Waals surface area contributed by atoms with E-state index in [0.29, 0.717) is 28.4 Å². The zero-order chi connectivity index (χ0) is 15.4. The Morgan fingerprint density at radius 3 is 2.29 bits per heavy atom. The first-order chi connectivity index (χ1) is 10.0. The van der Waals surface area contributed by atoms with E-state index in [2.05, 4.69) is 5.32 Å². The molecule has 110 valence electrons. The molecule has 0 radical (unpaired) electrons. The number of rotatable bonds is 4. The molecule has 0 aliphatic carbocycles. The first-order valence-corrected chi connectivity index (χ1v) is 6.44. The fourth-order valence-corrected chi connectivity index (χ4v) is 1.92. The van der Waals surface area contributed by atoms with Gasteiger partial charge in [-0.2, -0.15) is 0 Å². The summed E-state index contributed by atoms with van der Waals surface area (Å²) in [6.45, 7) is 1.86. The topological polar surface area (TPSA) is 73.6 Å². The molecule has 0 bridgehead atoms. The number of methoxy groups -OCH3 is 2. The van der Waals surface area contributed by atoms with Crippen LogP contribution in [0.1, 0.15) is 15.9 Å². The van der Waals surface area contributed by atoms with Gasteiger partial charge in [0.15, 0.2) is 0 Å². The number of hydrogen-bond donors (Lipinski definition) is 2. The number of nitrogens with two attached hydrogens (primary N) is 1. The van der Waals surface area contributed by atoms with Gasteiger partial charge < -0.3 is 20.5 Å². The van der Waals surface area contributed by atoms with Gasteiger partial charge in [-0.15, -0.1) is 0 Å². The van der Waals surface area contributed by atoms with Crippen LogP contribution in [0.4, 0.5) is 11.4 Å². The average Bonchev–Trinajstić information content (AvgIpc) is 2.51. The molecule has 0 unspecified atom stereocenters. The molecule has 0 aliphatic heterocycles. The molecule has 0 aliphatic rings. The number of benzene rings is 2. The maximum Gasteiger partial charge on any atom is 0.255 e. The smallest absolute Gasteiger partial charge is 0.255 e. The number of hydrogen-bond acceptors (Lipinski definition) is 4. The molecule has 1 amide bonds. The lowest BCUT2D eigenvalue weighted by Crippen LogP contribution is -2.13. The summed E-state index contributed by atoms with van der Waals surface area (Å²) < 4.78 is 10.3. The average molecular weight is 286 g/mol. The summed E-state index contributed by atoms with van der Waals surface area (Å²) in [5.74, 6) is 0.869. The maximum atomic E-state index is 12.4. The predicted octanol–water partition coefficient (Wildman–Crippen LogP) is 2.85. The minimum absolute atomic E-state index is 0.249. The second kappa shape index (κ2) is 6.17. The Bertz CT molecular complexity index is 646. The summed E-state index contributed by atoms with van der Waals surface area (Å²) in [6, 6.07) is 10.4. The van der Waals surface area contributed by atoms with Crippen LogP contribution in [0.3, 0.4) is 0 Å². The van der Waals surface area contributed by atoms with Gasteiger partial charge in [-0.05, 0) is 36.8 Å². The first-order valence-electron chi connectivity index (χ1n) is 6.44. The summed E-state index contributed by atoms with van der Waals surface area (Å²) in [4.78, 5) is 12.4. The van der Waals surface area contributed by atoms with E-state index < -0.39 is 0 Å². The van der Waals surface area contributed by atoms with Gasteiger partial charge in [-0.3, -0.25) is 4.79 Å². The molecule has 2 aromatic carbocycles. The Morgan fingerprint density at radius 2 is 1.71 bits per heavy atom. The Morgan fingerprint density at radius 1 is 1.10 bits per heavy atom. The van der Waals surface area contributed by atoms with Crippen LogP contribution in [-0.2, 0) is 0 Å². The summed E-state index contributed by atoms with van der Waals surface area (Å²) >= 11 is 0. The van der Waals surface area contributed by atoms with Gasteiger partial charge in [0, 0.05) is 23.0 Å². The number of anilines is 2. The van der Waals surface area contributed by atoms with Crippen LogP contribution in [0.15, 0.2) is 36.4 Å². The van der Waals surface area contributed by atoms with Crippen molar-refractivity contribution in [3.8, 4) is 11.5 Å². The van der Waals surface area contributed by atoms with Crippen molar-refractivity contribution in [1.29, 1.82) is 0 Å². The molecule has 5 heteroatoms. The minimum atomic E-state index is -0.249. The van der Waals surface area contributed by atoms with Gasteiger partial charge in [-0.1, -0.05) is 6.07 Å². The molecule has 2 rings (SSSR count). The fraction of sp³-hybridized carbons (Fsp3) is 0.188. The van der Waals surface area contributed by atoms with Crippen LogP contribution in [0.5, 0.6) is 11.5 Å². The summed E-state index contributed by atoms with van der Waals surface area (Å²) in [6.07, 6.45) is 0. The largest absolute Gasteiger partial charge is 0.497 e. The Labute approximate surface area is 123 Å². The van der Waals surface area contributed by atoms with Gasteiger partial charge in [0.1, 0.15) is 11.5 Å². The van der Waals surface area contributed by atoms with Crippen LogP contribution in [0.2, 0.25) is 0 Å². The van der Waals surface area contributed by atoms with Crippen LogP contribution < -0.4 is 20.5 Å². The zero-order valence-electron chi connectivity index (χ0n) is 12.3. The van der Waals surface area contributed by atoms with E-state index in [1.807, 2.05) is 6.92 Å². The number of nitrogen functional groups attached to an aromatic ring is 1. The summed E-state index contributed by atoms with van der Waals surface area (Å²) in [5.41, 5.74) is 8.44. The molecule has 3 N–H and O–H groups in total. The lowest BCUT2D eigenvalue weighted by molar-refractivity contribution is 0.102. The number of nitrogens with one attached hydrogen (secondary N) is 1. The number of ether oxygens (including phenoxy) is 2. The molecule has 0 fully saturated rings. The van der Waals surface area contributed by atoms with Crippen LogP contribution in [-0.4, -0.2) is 20.1 Å². The quantitative estimate of drug-likeness (QED) is 0.848. The van der Waals surface area contributed by atoms with E-state index in [4.69, 9.17) is 15.2 Å². The molecular formula is C16H18N2O3. The molecule has 21 heavy (non-hydrogen) atoms. The molecule has 0 heterocycles. The van der Waals surface area contributed by atoms with E-state index in [1.54, 1.807) is 50.6 Å². The SMILES string of the molecule is COc1cc(OC)cc(C(=O)Nc2cccc(N)c2C)c1. The highest BCUT2D eigenvalue weighted by molar-refractivity contribution is 6.05. The Balaban J connectivity index is 2.30. The van der Waals surface area contributed by atoms with Crippen molar-refractivity contribution in [2.24, 2.45) is 0 Å². The molecule has 2 aromatic rings. The van der Waals surface area contributed by atoms with Crippen LogP contribution in [0.25, 0.3) is 0 Å². The highest BCUT2D eigenvalue weighted by Gasteiger charge is 2.11. The van der Waals surface area contributed by atoms with Crippen molar-refractivity contribution in [2.75, 3.05) is 25.3 Å². The second-order valence-corrected chi connectivity index (χ2v) is 4.58. The van der Waals surface area contributed by atoms with E-state index in [1.165, 1.54) is 0 Å². The number of amides is 1. The van der Waals surface area contributed by atoms with Gasteiger partial charge >= 0.3 is 0 Å². The van der Waals surface area contributed by atoms with Gasteiger partial charge in [-0.25, -0.2) is 0 Å². The van der Waals surface area contributed by atoms with E-state index in [9.17, 15) is 4.79 Å². The van der Waals surface area contributed by atoms with Crippen LogP contribution >= 0.6 is 0 Å². The van der Waals surface area contributed by atoms with Crippen molar-refractivity contribution in [3.05, 3.63) is 47.5 Å². The van der Waals surface area contributed by atoms with Crippen molar-refractivity contribution in [3.63, 3.8) is 0 Å². The highest BCUT2D eigenvalue weighted by Crippen LogP contribution is 2.25. The maximum absolute atomic E-state index is 12.4. The predicted molar refractivity (Wildman–Crippen MR) is 83.1 cm³/mol. The third kappa shape index (κ3) is 3.25. The summed E-state index contributed by atoms with van der Waals surface area (Å²) in [7, 11) is 3.08. The molecule has 0 aromatic heterocycles. The molecule has 5 nitrogen and oxygen atoms in total. The monoisotopic (exact) mass is 286 g/mol. The normalized spacial score (nSPS) is 10.0. The zero-order valence-corrected chi connectivity index (χ0v) is 12.3. The van der Waals surface area contributed by atoms with E-state index in [0.717, 1.165) is 5.56 Å². The number of carbonyl (C=O) groups is 1. The minimum Gasteiger partial charge on any atom is -0.497 e. The van der Waals surface area contributed by atoms with Gasteiger partial charge in [0.05, 0.1) is 14.2 Å². The third-order valence-corrected chi connectivity index (χ3v) is 3.24. The molecule has 0 saturated carbocycles. The summed E-state index contributed by atoms with van der Waals surface area (Å²) in [5, 5.41) is 2.84. The molecule has 0 saturated heterocycles. The van der Waals surface area contributed by atoms with E-state index >= 15 is 0 Å².